The van der Waals surface area contributed by atoms with Crippen LogP contribution in [0.2, 0.25) is 0 Å². The molecule has 106 valence electrons. The molecule has 19 heavy (non-hydrogen) atoms. The molecule has 4 aliphatic carbocycles. The quantitative estimate of drug-likeness (QED) is 0.724. The summed E-state index contributed by atoms with van der Waals surface area (Å²) in [6, 6.07) is -0.737. The summed E-state index contributed by atoms with van der Waals surface area (Å²) < 4.78 is 0. The Bertz CT molecular complexity index is 395. The molecule has 4 bridgehead atoms. The maximum absolute atomic E-state index is 11.7. The Balaban J connectivity index is 1.90. The van der Waals surface area contributed by atoms with E-state index in [9.17, 15) is 14.7 Å². The molecule has 0 aliphatic heterocycles. The van der Waals surface area contributed by atoms with Crippen molar-refractivity contribution in [3.05, 3.63) is 0 Å². The minimum Gasteiger partial charge on any atom is -0.480 e. The van der Waals surface area contributed by atoms with E-state index in [-0.39, 0.29) is 5.92 Å². The first-order chi connectivity index (χ1) is 8.90. The maximum atomic E-state index is 11.7. The molecular weight excluding hydrogens is 244 g/mol. The zero-order chi connectivity index (χ0) is 13.8. The lowest BCUT2D eigenvalue weighted by Gasteiger charge is -2.58. The van der Waals surface area contributed by atoms with Gasteiger partial charge < -0.3 is 16.2 Å². The first-order valence-electron chi connectivity index (χ1n) is 7.21. The van der Waals surface area contributed by atoms with Gasteiger partial charge in [-0.1, -0.05) is 0 Å². The van der Waals surface area contributed by atoms with Crippen molar-refractivity contribution in [2.24, 2.45) is 35.3 Å². The zero-order valence-electron chi connectivity index (χ0n) is 11.3. The van der Waals surface area contributed by atoms with Gasteiger partial charge in [0.1, 0.15) is 5.54 Å². The van der Waals surface area contributed by atoms with Crippen LogP contribution in [-0.4, -0.2) is 22.6 Å². The van der Waals surface area contributed by atoms with Crippen molar-refractivity contribution in [1.29, 1.82) is 0 Å². The first-order valence-corrected chi connectivity index (χ1v) is 7.21. The van der Waals surface area contributed by atoms with Crippen LogP contribution in [0.5, 0.6) is 0 Å². The van der Waals surface area contributed by atoms with Crippen LogP contribution >= 0.6 is 0 Å². The number of aliphatic carboxylic acids is 1. The number of nitrogens with two attached hydrogens (primary N) is 1. The summed E-state index contributed by atoms with van der Waals surface area (Å²) in [5, 5.41) is 12.1. The van der Waals surface area contributed by atoms with Crippen LogP contribution in [0, 0.1) is 29.6 Å². The molecule has 0 aromatic carbocycles. The fourth-order valence-electron chi connectivity index (χ4n) is 5.40. The highest BCUT2D eigenvalue weighted by Crippen LogP contribution is 2.59. The van der Waals surface area contributed by atoms with Crippen molar-refractivity contribution in [3.63, 3.8) is 0 Å². The van der Waals surface area contributed by atoms with E-state index in [1.807, 2.05) is 0 Å². The molecule has 1 unspecified atom stereocenters. The van der Waals surface area contributed by atoms with Gasteiger partial charge in [0.25, 0.3) is 0 Å². The highest BCUT2D eigenvalue weighted by atomic mass is 16.4. The van der Waals surface area contributed by atoms with Crippen LogP contribution in [0.25, 0.3) is 0 Å². The summed E-state index contributed by atoms with van der Waals surface area (Å²) in [7, 11) is 0. The summed E-state index contributed by atoms with van der Waals surface area (Å²) in [4.78, 5) is 22.9. The molecule has 0 aromatic heterocycles. The Hall–Kier alpha value is -1.26. The highest BCUT2D eigenvalue weighted by Gasteiger charge is 2.57. The number of carboxylic acid groups (broad SMARTS) is 1. The van der Waals surface area contributed by atoms with Crippen molar-refractivity contribution < 1.29 is 14.7 Å². The Labute approximate surface area is 112 Å². The molecule has 0 radical (unpaired) electrons. The Kier molecular flexibility index (Phi) is 2.76. The fourth-order valence-corrected chi connectivity index (χ4v) is 5.40. The normalized spacial score (nSPS) is 42.7. The summed E-state index contributed by atoms with van der Waals surface area (Å²) in [6.45, 7) is 1.63. The van der Waals surface area contributed by atoms with Gasteiger partial charge in [0.15, 0.2) is 0 Å². The standard InChI is InChI=1S/C14H22N2O3/c1-14(12(17)18,16-13(15)19)11-9-3-7-2-8(5-9)6-10(11)4-7/h7-11H,2-6H2,1H3,(H,17,18)(H3,15,16,19). The molecule has 4 fully saturated rings. The predicted octanol–water partition coefficient (Wildman–Crippen LogP) is 1.57. The Morgan fingerprint density at radius 1 is 1.11 bits per heavy atom. The van der Waals surface area contributed by atoms with Crippen LogP contribution in [0.15, 0.2) is 0 Å². The number of carbonyl (C=O) groups excluding carboxylic acids is 1. The van der Waals surface area contributed by atoms with Gasteiger partial charge in [-0.2, -0.15) is 0 Å². The third kappa shape index (κ3) is 1.90. The monoisotopic (exact) mass is 266 g/mol. The summed E-state index contributed by atoms with van der Waals surface area (Å²) in [6.07, 6.45) is 5.83. The number of amides is 2. The lowest BCUT2D eigenvalue weighted by atomic mass is 9.48. The number of hydrogen-bond acceptors (Lipinski definition) is 2. The molecule has 0 saturated heterocycles. The summed E-state index contributed by atoms with van der Waals surface area (Å²) in [5.41, 5.74) is 3.98. The Morgan fingerprint density at radius 3 is 1.95 bits per heavy atom. The van der Waals surface area contributed by atoms with Gasteiger partial charge in [0.2, 0.25) is 0 Å². The second-order valence-corrected chi connectivity index (χ2v) is 6.95. The summed E-state index contributed by atoms with van der Waals surface area (Å²) in [5.74, 6) is 1.51. The molecule has 0 spiro atoms. The van der Waals surface area contributed by atoms with Crippen molar-refractivity contribution in [2.45, 2.75) is 44.6 Å². The van der Waals surface area contributed by atoms with Gasteiger partial charge in [-0.3, -0.25) is 0 Å². The van der Waals surface area contributed by atoms with Crippen molar-refractivity contribution in [3.8, 4) is 0 Å². The number of primary amides is 1. The van der Waals surface area contributed by atoms with E-state index in [4.69, 9.17) is 5.73 Å². The van der Waals surface area contributed by atoms with E-state index in [1.165, 1.54) is 6.42 Å². The van der Waals surface area contributed by atoms with Crippen molar-refractivity contribution in [2.75, 3.05) is 0 Å². The van der Waals surface area contributed by atoms with Crippen LogP contribution in [0.1, 0.15) is 39.0 Å². The second kappa shape index (κ2) is 4.12. The fraction of sp³-hybridized carbons (Fsp3) is 0.857. The number of urea groups is 1. The van der Waals surface area contributed by atoms with Gasteiger partial charge in [-0.15, -0.1) is 0 Å². The molecular formula is C14H22N2O3. The largest absolute Gasteiger partial charge is 0.480 e. The van der Waals surface area contributed by atoms with Crippen LogP contribution < -0.4 is 11.1 Å². The minimum absolute atomic E-state index is 0.0327. The predicted molar refractivity (Wildman–Crippen MR) is 69.3 cm³/mol. The number of carbonyl (C=O) groups is 2. The second-order valence-electron chi connectivity index (χ2n) is 6.95. The lowest BCUT2D eigenvalue weighted by Crippen LogP contribution is -2.65. The van der Waals surface area contributed by atoms with E-state index in [0.717, 1.165) is 37.5 Å². The summed E-state index contributed by atoms with van der Waals surface area (Å²) >= 11 is 0. The molecule has 0 heterocycles. The minimum atomic E-state index is -1.21. The first kappa shape index (κ1) is 12.8. The molecule has 5 nitrogen and oxygen atoms in total. The van der Waals surface area contributed by atoms with E-state index >= 15 is 0 Å². The number of carboxylic acids is 1. The topological polar surface area (TPSA) is 92.4 Å². The lowest BCUT2D eigenvalue weighted by molar-refractivity contribution is -0.155. The van der Waals surface area contributed by atoms with E-state index in [1.54, 1.807) is 6.92 Å². The molecule has 1 atom stereocenters. The number of nitrogens with one attached hydrogen (secondary N) is 1. The third-order valence-electron chi connectivity index (χ3n) is 5.72. The zero-order valence-corrected chi connectivity index (χ0v) is 11.3. The van der Waals surface area contributed by atoms with Gasteiger partial charge in [-0.05, 0) is 68.6 Å². The average molecular weight is 266 g/mol. The molecule has 0 aromatic rings. The van der Waals surface area contributed by atoms with Crippen LogP contribution in [0.4, 0.5) is 4.79 Å². The number of rotatable bonds is 3. The van der Waals surface area contributed by atoms with E-state index < -0.39 is 17.5 Å². The highest BCUT2D eigenvalue weighted by molar-refractivity contribution is 5.85. The van der Waals surface area contributed by atoms with E-state index in [2.05, 4.69) is 5.32 Å². The molecule has 5 heteroatoms. The van der Waals surface area contributed by atoms with Crippen LogP contribution in [0.3, 0.4) is 0 Å². The molecule has 2 amide bonds. The number of hydrogen-bond donors (Lipinski definition) is 3. The van der Waals surface area contributed by atoms with Gasteiger partial charge in [0, 0.05) is 0 Å². The Morgan fingerprint density at radius 2 is 1.58 bits per heavy atom. The molecule has 4 N–H and O–H groups in total. The van der Waals surface area contributed by atoms with Crippen LogP contribution in [-0.2, 0) is 4.79 Å². The molecule has 4 saturated carbocycles. The maximum Gasteiger partial charge on any atom is 0.329 e. The van der Waals surface area contributed by atoms with E-state index in [0.29, 0.717) is 11.8 Å². The van der Waals surface area contributed by atoms with Gasteiger partial charge in [-0.25, -0.2) is 9.59 Å². The SMILES string of the molecule is CC(NC(N)=O)(C(=O)O)C1C2CC3CC(C2)CC1C3. The van der Waals surface area contributed by atoms with Crippen molar-refractivity contribution in [1.82, 2.24) is 5.32 Å². The molecule has 4 aliphatic rings. The molecule has 4 rings (SSSR count). The van der Waals surface area contributed by atoms with Gasteiger partial charge in [0.05, 0.1) is 0 Å². The van der Waals surface area contributed by atoms with Crippen molar-refractivity contribution >= 4 is 12.0 Å². The average Bonchev–Trinajstić information content (AvgIpc) is 2.25. The smallest absolute Gasteiger partial charge is 0.329 e. The third-order valence-corrected chi connectivity index (χ3v) is 5.72. The van der Waals surface area contributed by atoms with Gasteiger partial charge >= 0.3 is 12.0 Å².